The van der Waals surface area contributed by atoms with Crippen molar-refractivity contribution in [2.24, 2.45) is 5.92 Å². The van der Waals surface area contributed by atoms with E-state index in [0.29, 0.717) is 38.9 Å². The quantitative estimate of drug-likeness (QED) is 0.711. The average Bonchev–Trinajstić information content (AvgIpc) is 2.28. The van der Waals surface area contributed by atoms with Crippen LogP contribution in [0.5, 0.6) is 0 Å². The number of carbonyl (C=O) groups is 1. The van der Waals surface area contributed by atoms with Crippen molar-refractivity contribution in [1.29, 1.82) is 0 Å². The molecule has 1 fully saturated rings. The number of ether oxygens (including phenoxy) is 1. The summed E-state index contributed by atoms with van der Waals surface area (Å²) in [5.41, 5.74) is 0. The molecule has 1 aliphatic rings. The summed E-state index contributed by atoms with van der Waals surface area (Å²) in [7, 11) is -3.53. The second kappa shape index (κ2) is 7.06. The highest BCUT2D eigenvalue weighted by molar-refractivity contribution is 7.89. The van der Waals surface area contributed by atoms with Gasteiger partial charge in [-0.15, -0.1) is 0 Å². The minimum atomic E-state index is -3.53. The standard InChI is InChI=1S/C11H21NO5S/c1-2-3-10(11(13)14)12-18(15,16)8-9-4-6-17-7-5-9/h9-10,12H,2-8H2,1H3,(H,13,14). The highest BCUT2D eigenvalue weighted by atomic mass is 32.2. The van der Waals surface area contributed by atoms with Crippen LogP contribution in [0.4, 0.5) is 0 Å². The van der Waals surface area contributed by atoms with E-state index in [-0.39, 0.29) is 11.7 Å². The molecule has 1 saturated heterocycles. The van der Waals surface area contributed by atoms with Gasteiger partial charge in [0.2, 0.25) is 10.0 Å². The monoisotopic (exact) mass is 279 g/mol. The second-order valence-corrected chi connectivity index (χ2v) is 6.43. The number of sulfonamides is 1. The second-order valence-electron chi connectivity index (χ2n) is 4.63. The van der Waals surface area contributed by atoms with Gasteiger partial charge in [0.25, 0.3) is 0 Å². The van der Waals surface area contributed by atoms with Crippen LogP contribution in [0.1, 0.15) is 32.6 Å². The van der Waals surface area contributed by atoms with Crippen LogP contribution in [-0.4, -0.2) is 44.5 Å². The molecule has 6 nitrogen and oxygen atoms in total. The molecular formula is C11H21NO5S. The highest BCUT2D eigenvalue weighted by Gasteiger charge is 2.26. The molecule has 0 aromatic heterocycles. The fourth-order valence-corrected chi connectivity index (χ4v) is 3.71. The first kappa shape index (κ1) is 15.4. The molecule has 0 aliphatic carbocycles. The number of aliphatic carboxylic acids is 1. The molecule has 1 heterocycles. The molecular weight excluding hydrogens is 258 g/mol. The minimum Gasteiger partial charge on any atom is -0.480 e. The van der Waals surface area contributed by atoms with Gasteiger partial charge in [0.15, 0.2) is 0 Å². The third kappa shape index (κ3) is 5.32. The lowest BCUT2D eigenvalue weighted by Gasteiger charge is -2.22. The van der Waals surface area contributed by atoms with E-state index in [4.69, 9.17) is 9.84 Å². The van der Waals surface area contributed by atoms with E-state index in [9.17, 15) is 13.2 Å². The zero-order valence-electron chi connectivity index (χ0n) is 10.6. The summed E-state index contributed by atoms with van der Waals surface area (Å²) in [4.78, 5) is 10.9. The van der Waals surface area contributed by atoms with Crippen LogP contribution in [-0.2, 0) is 19.6 Å². The summed E-state index contributed by atoms with van der Waals surface area (Å²) in [5, 5.41) is 8.93. The van der Waals surface area contributed by atoms with E-state index < -0.39 is 22.0 Å². The van der Waals surface area contributed by atoms with Crippen LogP contribution in [0.15, 0.2) is 0 Å². The molecule has 0 saturated carbocycles. The van der Waals surface area contributed by atoms with Gasteiger partial charge in [0.05, 0.1) is 5.75 Å². The number of carboxylic acids is 1. The van der Waals surface area contributed by atoms with Gasteiger partial charge < -0.3 is 9.84 Å². The molecule has 0 radical (unpaired) electrons. The van der Waals surface area contributed by atoms with Crippen LogP contribution < -0.4 is 4.72 Å². The van der Waals surface area contributed by atoms with Crippen LogP contribution >= 0.6 is 0 Å². The summed E-state index contributed by atoms with van der Waals surface area (Å²) in [6.07, 6.45) is 2.36. The zero-order valence-corrected chi connectivity index (χ0v) is 11.4. The molecule has 1 aliphatic heterocycles. The summed E-state index contributed by atoms with van der Waals surface area (Å²) in [6.45, 7) is 2.98. The number of rotatable bonds is 7. The first-order chi connectivity index (χ1) is 8.44. The van der Waals surface area contributed by atoms with E-state index in [1.54, 1.807) is 0 Å². The Morgan fingerprint density at radius 3 is 2.56 bits per heavy atom. The molecule has 0 aromatic rings. The van der Waals surface area contributed by atoms with Crippen molar-refractivity contribution in [1.82, 2.24) is 4.72 Å². The maximum atomic E-state index is 11.9. The Morgan fingerprint density at radius 1 is 1.44 bits per heavy atom. The molecule has 7 heteroatoms. The Morgan fingerprint density at radius 2 is 2.06 bits per heavy atom. The van der Waals surface area contributed by atoms with Crippen molar-refractivity contribution < 1.29 is 23.1 Å². The van der Waals surface area contributed by atoms with Gasteiger partial charge in [0, 0.05) is 13.2 Å². The van der Waals surface area contributed by atoms with Crippen LogP contribution in [0.2, 0.25) is 0 Å². The third-order valence-electron chi connectivity index (χ3n) is 2.99. The van der Waals surface area contributed by atoms with Crippen molar-refractivity contribution in [3.05, 3.63) is 0 Å². The van der Waals surface area contributed by atoms with E-state index in [1.165, 1.54) is 0 Å². The Bertz CT molecular complexity index is 362. The van der Waals surface area contributed by atoms with Gasteiger partial charge >= 0.3 is 5.97 Å². The summed E-state index contributed by atoms with van der Waals surface area (Å²) >= 11 is 0. The molecule has 0 bridgehead atoms. The summed E-state index contributed by atoms with van der Waals surface area (Å²) < 4.78 is 31.2. The van der Waals surface area contributed by atoms with Crippen LogP contribution in [0, 0.1) is 5.92 Å². The Hall–Kier alpha value is -0.660. The fourth-order valence-electron chi connectivity index (χ4n) is 2.01. The SMILES string of the molecule is CCCC(NS(=O)(=O)CC1CCOCC1)C(=O)O. The number of hydrogen-bond donors (Lipinski definition) is 2. The minimum absolute atomic E-state index is 0.0101. The van der Waals surface area contributed by atoms with Gasteiger partial charge in [-0.05, 0) is 25.2 Å². The largest absolute Gasteiger partial charge is 0.480 e. The molecule has 1 unspecified atom stereocenters. The average molecular weight is 279 g/mol. The summed E-state index contributed by atoms with van der Waals surface area (Å²) in [5.74, 6) is -1.07. The molecule has 18 heavy (non-hydrogen) atoms. The lowest BCUT2D eigenvalue weighted by atomic mass is 10.0. The smallest absolute Gasteiger partial charge is 0.321 e. The van der Waals surface area contributed by atoms with Gasteiger partial charge in [-0.1, -0.05) is 13.3 Å². The maximum Gasteiger partial charge on any atom is 0.321 e. The van der Waals surface area contributed by atoms with E-state index in [2.05, 4.69) is 4.72 Å². The number of nitrogens with one attached hydrogen (secondary N) is 1. The molecule has 0 amide bonds. The van der Waals surface area contributed by atoms with Crippen LogP contribution in [0.25, 0.3) is 0 Å². The predicted molar refractivity (Wildman–Crippen MR) is 66.8 cm³/mol. The predicted octanol–water partition coefficient (Wildman–Crippen LogP) is 0.586. The normalized spacial score (nSPS) is 19.6. The lowest BCUT2D eigenvalue weighted by Crippen LogP contribution is -2.43. The topological polar surface area (TPSA) is 92.7 Å². The van der Waals surface area contributed by atoms with E-state index >= 15 is 0 Å². The molecule has 0 spiro atoms. The van der Waals surface area contributed by atoms with Gasteiger partial charge in [-0.25, -0.2) is 13.1 Å². The lowest BCUT2D eigenvalue weighted by molar-refractivity contribution is -0.139. The molecule has 1 rings (SSSR count). The van der Waals surface area contributed by atoms with Gasteiger partial charge in [-0.3, -0.25) is 4.79 Å². The summed E-state index contributed by atoms with van der Waals surface area (Å²) in [6, 6.07) is -1.01. The zero-order chi connectivity index (χ0) is 13.6. The first-order valence-corrected chi connectivity index (χ1v) is 7.90. The molecule has 106 valence electrons. The Balaban J connectivity index is 2.53. The molecule has 0 aromatic carbocycles. The highest BCUT2D eigenvalue weighted by Crippen LogP contribution is 2.16. The number of hydrogen-bond acceptors (Lipinski definition) is 4. The van der Waals surface area contributed by atoms with Crippen molar-refractivity contribution in [3.8, 4) is 0 Å². The van der Waals surface area contributed by atoms with Crippen LogP contribution in [0.3, 0.4) is 0 Å². The van der Waals surface area contributed by atoms with Crippen molar-refractivity contribution in [3.63, 3.8) is 0 Å². The van der Waals surface area contributed by atoms with Crippen molar-refractivity contribution in [2.45, 2.75) is 38.6 Å². The molecule has 1 atom stereocenters. The van der Waals surface area contributed by atoms with Gasteiger partial charge in [0.1, 0.15) is 6.04 Å². The van der Waals surface area contributed by atoms with E-state index in [0.717, 1.165) is 0 Å². The Labute approximate surface area is 108 Å². The maximum absolute atomic E-state index is 11.9. The number of carboxylic acid groups (broad SMARTS) is 1. The van der Waals surface area contributed by atoms with Crippen molar-refractivity contribution in [2.75, 3.05) is 19.0 Å². The molecule has 2 N–H and O–H groups in total. The van der Waals surface area contributed by atoms with Crippen molar-refractivity contribution >= 4 is 16.0 Å². The third-order valence-corrected chi connectivity index (χ3v) is 4.55. The Kier molecular flexibility index (Phi) is 6.04. The fraction of sp³-hybridized carbons (Fsp3) is 0.909. The van der Waals surface area contributed by atoms with Gasteiger partial charge in [-0.2, -0.15) is 0 Å². The van der Waals surface area contributed by atoms with E-state index in [1.807, 2.05) is 6.92 Å². The first-order valence-electron chi connectivity index (χ1n) is 6.25.